The summed E-state index contributed by atoms with van der Waals surface area (Å²) in [5, 5.41) is 53.4. The molecule has 0 fully saturated rings. The Kier molecular flexibility index (Phi) is 16.0. The molecule has 3 amide bonds. The zero-order chi connectivity index (χ0) is 31.7. The molecule has 0 saturated heterocycles. The standard InChI is InChI=1S/C27H40N4O11/c1-2-13-31(16-24(36)37)15-18-14-17(6-9-21(18)32)7-10-22(33)28-12-4-3-5-19(25(38)39)29-27(42)30-20(26(40)41)8-11-23(34)35/h6,9,14,19-20,32H,2-5,7-8,10-13,15-16H2,1H3,(H,28,33)(H,34,35)(H,36,37)(H,38,39)(H,40,41)(H2,29,30,42). The van der Waals surface area contributed by atoms with Crippen molar-refractivity contribution >= 4 is 35.8 Å². The number of nitrogens with zero attached hydrogens (tertiary/aromatic N) is 1. The van der Waals surface area contributed by atoms with E-state index in [9.17, 15) is 39.0 Å². The van der Waals surface area contributed by atoms with Gasteiger partial charge in [-0.15, -0.1) is 0 Å². The van der Waals surface area contributed by atoms with Gasteiger partial charge in [-0.25, -0.2) is 14.4 Å². The number of carbonyl (C=O) groups excluding carboxylic acids is 2. The molecule has 0 aliphatic rings. The molecule has 0 aliphatic heterocycles. The fourth-order valence-corrected chi connectivity index (χ4v) is 4.07. The van der Waals surface area contributed by atoms with Gasteiger partial charge in [0.25, 0.3) is 0 Å². The van der Waals surface area contributed by atoms with E-state index in [2.05, 4.69) is 16.0 Å². The third-order valence-electron chi connectivity index (χ3n) is 6.17. The summed E-state index contributed by atoms with van der Waals surface area (Å²) in [6.45, 7) is 2.84. The van der Waals surface area contributed by atoms with Crippen molar-refractivity contribution in [1.29, 1.82) is 0 Å². The quantitative estimate of drug-likeness (QED) is 0.0926. The first kappa shape index (κ1) is 35.6. The lowest BCUT2D eigenvalue weighted by Gasteiger charge is -2.20. The van der Waals surface area contributed by atoms with Crippen LogP contribution in [0.1, 0.15) is 63.0 Å². The van der Waals surface area contributed by atoms with E-state index < -0.39 is 48.4 Å². The molecule has 0 radical (unpaired) electrons. The fraction of sp³-hybridized carbons (Fsp3) is 0.556. The Bertz CT molecular complexity index is 1100. The number of hydrogen-bond acceptors (Lipinski definition) is 8. The molecule has 2 unspecified atom stereocenters. The number of carboxylic acids is 4. The SMILES string of the molecule is CCCN(CC(=O)O)Cc1cc(CCC(=O)NCCCCC(NC(=O)NC(CCC(=O)O)C(=O)O)C(=O)O)ccc1O. The number of nitrogens with one attached hydrogen (secondary N) is 3. The van der Waals surface area contributed by atoms with E-state index in [0.29, 0.717) is 31.4 Å². The number of hydrogen-bond donors (Lipinski definition) is 8. The molecule has 1 rings (SSSR count). The maximum absolute atomic E-state index is 12.3. The molecule has 15 nitrogen and oxygen atoms in total. The van der Waals surface area contributed by atoms with Crippen LogP contribution in [0.5, 0.6) is 5.75 Å². The van der Waals surface area contributed by atoms with E-state index in [1.165, 1.54) is 6.07 Å². The van der Waals surface area contributed by atoms with Crippen molar-refractivity contribution in [2.75, 3.05) is 19.6 Å². The Morgan fingerprint density at radius 1 is 0.857 bits per heavy atom. The molecule has 8 N–H and O–H groups in total. The average Bonchev–Trinajstić information content (AvgIpc) is 2.89. The van der Waals surface area contributed by atoms with Crippen molar-refractivity contribution in [1.82, 2.24) is 20.9 Å². The number of carboxylic acid groups (broad SMARTS) is 4. The van der Waals surface area contributed by atoms with Gasteiger partial charge in [0.2, 0.25) is 5.91 Å². The van der Waals surface area contributed by atoms with Crippen molar-refractivity contribution in [3.8, 4) is 5.75 Å². The Morgan fingerprint density at radius 2 is 1.50 bits per heavy atom. The molecule has 0 aromatic heterocycles. The predicted molar refractivity (Wildman–Crippen MR) is 148 cm³/mol. The molecule has 0 heterocycles. The largest absolute Gasteiger partial charge is 0.508 e. The van der Waals surface area contributed by atoms with Crippen molar-refractivity contribution in [3.05, 3.63) is 29.3 Å². The Hall–Kier alpha value is -4.40. The summed E-state index contributed by atoms with van der Waals surface area (Å²) in [7, 11) is 0. The maximum Gasteiger partial charge on any atom is 0.326 e. The zero-order valence-corrected chi connectivity index (χ0v) is 23.5. The number of aromatic hydroxyl groups is 1. The molecule has 234 valence electrons. The van der Waals surface area contributed by atoms with E-state index >= 15 is 0 Å². The zero-order valence-electron chi connectivity index (χ0n) is 23.5. The molecule has 0 spiro atoms. The summed E-state index contributed by atoms with van der Waals surface area (Å²) < 4.78 is 0. The molecular weight excluding hydrogens is 556 g/mol. The van der Waals surface area contributed by atoms with Crippen LogP contribution in [0.15, 0.2) is 18.2 Å². The van der Waals surface area contributed by atoms with Crippen molar-refractivity contribution in [3.63, 3.8) is 0 Å². The molecule has 0 bridgehead atoms. The smallest absolute Gasteiger partial charge is 0.326 e. The van der Waals surface area contributed by atoms with Crippen molar-refractivity contribution < 1.29 is 54.3 Å². The lowest BCUT2D eigenvalue weighted by atomic mass is 10.0. The van der Waals surface area contributed by atoms with E-state index in [1.54, 1.807) is 17.0 Å². The van der Waals surface area contributed by atoms with Crippen molar-refractivity contribution in [2.45, 2.75) is 76.9 Å². The van der Waals surface area contributed by atoms with Crippen LogP contribution in [-0.4, -0.2) is 98.0 Å². The van der Waals surface area contributed by atoms with Crippen LogP contribution in [0.3, 0.4) is 0 Å². The van der Waals surface area contributed by atoms with Crippen LogP contribution in [0.2, 0.25) is 0 Å². The van der Waals surface area contributed by atoms with E-state index in [-0.39, 0.29) is 50.6 Å². The first-order valence-corrected chi connectivity index (χ1v) is 13.6. The third kappa shape index (κ3) is 14.8. The highest BCUT2D eigenvalue weighted by Gasteiger charge is 2.24. The molecule has 15 heteroatoms. The lowest BCUT2D eigenvalue weighted by Crippen LogP contribution is -2.51. The molecule has 42 heavy (non-hydrogen) atoms. The van der Waals surface area contributed by atoms with Crippen LogP contribution in [0, 0.1) is 0 Å². The minimum absolute atomic E-state index is 0.0126. The number of urea groups is 1. The first-order valence-electron chi connectivity index (χ1n) is 13.6. The van der Waals surface area contributed by atoms with Gasteiger partial charge in [0, 0.05) is 31.5 Å². The lowest BCUT2D eigenvalue weighted by molar-refractivity contribution is -0.141. The second kappa shape index (κ2) is 18.9. The highest BCUT2D eigenvalue weighted by Crippen LogP contribution is 2.21. The number of phenols is 1. The van der Waals surface area contributed by atoms with Crippen molar-refractivity contribution in [2.24, 2.45) is 0 Å². The van der Waals surface area contributed by atoms with Gasteiger partial charge in [-0.2, -0.15) is 0 Å². The van der Waals surface area contributed by atoms with Gasteiger partial charge >= 0.3 is 29.9 Å². The second-order valence-electron chi connectivity index (χ2n) is 9.75. The summed E-state index contributed by atoms with van der Waals surface area (Å²) in [5.41, 5.74) is 1.36. The highest BCUT2D eigenvalue weighted by atomic mass is 16.4. The summed E-state index contributed by atoms with van der Waals surface area (Å²) in [4.78, 5) is 70.5. The third-order valence-corrected chi connectivity index (χ3v) is 6.17. The molecule has 0 saturated carbocycles. The summed E-state index contributed by atoms with van der Waals surface area (Å²) in [5.74, 6) is -5.18. The number of aryl methyl sites for hydroxylation is 1. The monoisotopic (exact) mass is 596 g/mol. The molecule has 1 aromatic carbocycles. The summed E-state index contributed by atoms with van der Waals surface area (Å²) >= 11 is 0. The van der Waals surface area contributed by atoms with E-state index in [0.717, 1.165) is 12.0 Å². The molecule has 2 atom stereocenters. The fourth-order valence-electron chi connectivity index (χ4n) is 4.07. The molecule has 1 aromatic rings. The topological polar surface area (TPSA) is 243 Å². The number of phenolic OH excluding ortho intramolecular Hbond substituents is 1. The van der Waals surface area contributed by atoms with Crippen LogP contribution in [0.4, 0.5) is 4.79 Å². The molecular formula is C27H40N4O11. The Morgan fingerprint density at radius 3 is 2.07 bits per heavy atom. The number of carbonyl (C=O) groups is 6. The summed E-state index contributed by atoms with van der Waals surface area (Å²) in [6, 6.07) is 1.08. The van der Waals surface area contributed by atoms with Gasteiger partial charge in [-0.1, -0.05) is 19.1 Å². The minimum atomic E-state index is -1.49. The number of amides is 3. The summed E-state index contributed by atoms with van der Waals surface area (Å²) in [6.07, 6.45) is 1.18. The van der Waals surface area contributed by atoms with Crippen LogP contribution >= 0.6 is 0 Å². The number of rotatable bonds is 21. The van der Waals surface area contributed by atoms with Crippen LogP contribution in [-0.2, 0) is 36.9 Å². The number of unbranched alkanes of at least 4 members (excludes halogenated alkanes) is 1. The Balaban J connectivity index is 2.47. The highest BCUT2D eigenvalue weighted by molar-refractivity contribution is 5.86. The van der Waals surface area contributed by atoms with Gasteiger partial charge in [0.05, 0.1) is 6.54 Å². The number of benzene rings is 1. The average molecular weight is 597 g/mol. The van der Waals surface area contributed by atoms with E-state index in [4.69, 9.17) is 15.3 Å². The van der Waals surface area contributed by atoms with Gasteiger partial charge in [-0.3, -0.25) is 19.3 Å². The van der Waals surface area contributed by atoms with Gasteiger partial charge in [0.1, 0.15) is 17.8 Å². The van der Waals surface area contributed by atoms with Crippen LogP contribution < -0.4 is 16.0 Å². The minimum Gasteiger partial charge on any atom is -0.508 e. The normalized spacial score (nSPS) is 12.2. The maximum atomic E-state index is 12.3. The van der Waals surface area contributed by atoms with Crippen LogP contribution in [0.25, 0.3) is 0 Å². The second-order valence-corrected chi connectivity index (χ2v) is 9.75. The number of aliphatic carboxylic acids is 4. The predicted octanol–water partition coefficient (Wildman–Crippen LogP) is 0.978. The van der Waals surface area contributed by atoms with Gasteiger partial charge in [-0.05, 0) is 56.7 Å². The molecule has 0 aliphatic carbocycles. The first-order chi connectivity index (χ1) is 19.8. The van der Waals surface area contributed by atoms with E-state index in [1.807, 2.05) is 6.92 Å². The van der Waals surface area contributed by atoms with Gasteiger partial charge < -0.3 is 41.5 Å². The van der Waals surface area contributed by atoms with Gasteiger partial charge in [0.15, 0.2) is 0 Å². The Labute approximate surface area is 242 Å².